The minimum absolute atomic E-state index is 0.0459. The van der Waals surface area contributed by atoms with E-state index in [2.05, 4.69) is 15.9 Å². The van der Waals surface area contributed by atoms with Gasteiger partial charge in [0.25, 0.3) is 5.91 Å². The van der Waals surface area contributed by atoms with Crippen molar-refractivity contribution in [3.8, 4) is 0 Å². The zero-order valence-electron chi connectivity index (χ0n) is 13.8. The second kappa shape index (κ2) is 8.05. The summed E-state index contributed by atoms with van der Waals surface area (Å²) < 4.78 is 40.7. The first kappa shape index (κ1) is 20.5. The van der Waals surface area contributed by atoms with E-state index in [1.807, 2.05) is 0 Å². The van der Waals surface area contributed by atoms with Crippen molar-refractivity contribution < 1.29 is 17.6 Å². The summed E-state index contributed by atoms with van der Waals surface area (Å²) in [5.41, 5.74) is 0.204. The van der Waals surface area contributed by atoms with Crippen LogP contribution in [-0.4, -0.2) is 49.7 Å². The van der Waals surface area contributed by atoms with Crippen LogP contribution >= 0.6 is 39.1 Å². The molecule has 3 rings (SSSR count). The number of rotatable bonds is 3. The Morgan fingerprint density at radius 3 is 2.30 bits per heavy atom. The van der Waals surface area contributed by atoms with E-state index in [9.17, 15) is 17.6 Å². The third-order valence-corrected chi connectivity index (χ3v) is 7.54. The van der Waals surface area contributed by atoms with Crippen molar-refractivity contribution in [1.82, 2.24) is 9.21 Å². The average molecular weight is 496 g/mol. The fraction of sp³-hybridized carbons (Fsp3) is 0.235. The number of carbonyl (C=O) groups is 1. The molecule has 1 heterocycles. The number of hydrogen-bond acceptors (Lipinski definition) is 3. The molecule has 2 aromatic carbocycles. The molecule has 0 aliphatic carbocycles. The number of carbonyl (C=O) groups excluding carboxylic acids is 1. The molecular weight excluding hydrogens is 482 g/mol. The van der Waals surface area contributed by atoms with Crippen molar-refractivity contribution in [2.45, 2.75) is 4.90 Å². The van der Waals surface area contributed by atoms with Crippen LogP contribution in [-0.2, 0) is 10.0 Å². The molecule has 5 nitrogen and oxygen atoms in total. The van der Waals surface area contributed by atoms with Crippen LogP contribution in [0.5, 0.6) is 0 Å². The topological polar surface area (TPSA) is 57.7 Å². The standard InChI is InChI=1S/C17H14BrCl2FN2O3S/c18-14-3-1-11(21)9-13(14)17(24)22-5-7-23(8-6-22)27(25,26)12-2-4-15(19)16(20)10-12/h1-4,9-10H,5-8H2. The van der Waals surface area contributed by atoms with Gasteiger partial charge in [-0.15, -0.1) is 0 Å². The van der Waals surface area contributed by atoms with Crippen LogP contribution in [0.1, 0.15) is 10.4 Å². The van der Waals surface area contributed by atoms with E-state index in [4.69, 9.17) is 23.2 Å². The summed E-state index contributed by atoms with van der Waals surface area (Å²) in [6.07, 6.45) is 0. The Hall–Kier alpha value is -1.19. The molecular formula is C17H14BrCl2FN2O3S. The molecule has 0 radical (unpaired) electrons. The van der Waals surface area contributed by atoms with E-state index in [-0.39, 0.29) is 52.6 Å². The molecule has 0 aromatic heterocycles. The van der Waals surface area contributed by atoms with E-state index in [1.165, 1.54) is 39.5 Å². The third-order valence-electron chi connectivity index (χ3n) is 4.21. The summed E-state index contributed by atoms with van der Waals surface area (Å²) in [5.74, 6) is -0.865. The van der Waals surface area contributed by atoms with Gasteiger partial charge >= 0.3 is 0 Å². The highest BCUT2D eigenvalue weighted by Gasteiger charge is 2.31. The number of hydrogen-bond donors (Lipinski definition) is 0. The van der Waals surface area contributed by atoms with Crippen LogP contribution in [0.15, 0.2) is 45.8 Å². The van der Waals surface area contributed by atoms with Gasteiger partial charge in [-0.25, -0.2) is 12.8 Å². The molecule has 27 heavy (non-hydrogen) atoms. The fourth-order valence-electron chi connectivity index (χ4n) is 2.75. The van der Waals surface area contributed by atoms with Gasteiger partial charge in [0.05, 0.1) is 20.5 Å². The van der Waals surface area contributed by atoms with Gasteiger partial charge in [0.1, 0.15) is 5.82 Å². The zero-order chi connectivity index (χ0) is 19.8. The molecule has 0 spiro atoms. The third kappa shape index (κ3) is 4.30. The second-order valence-corrected chi connectivity index (χ2v) is 9.50. The first-order chi connectivity index (χ1) is 12.7. The number of amides is 1. The van der Waals surface area contributed by atoms with E-state index >= 15 is 0 Å². The Kier molecular flexibility index (Phi) is 6.12. The zero-order valence-corrected chi connectivity index (χ0v) is 17.7. The average Bonchev–Trinajstić information content (AvgIpc) is 2.65. The molecule has 0 saturated carbocycles. The fourth-order valence-corrected chi connectivity index (χ4v) is 4.98. The van der Waals surface area contributed by atoms with E-state index in [0.717, 1.165) is 6.07 Å². The van der Waals surface area contributed by atoms with E-state index in [0.29, 0.717) is 4.47 Å². The van der Waals surface area contributed by atoms with Gasteiger partial charge < -0.3 is 4.90 Å². The van der Waals surface area contributed by atoms with Crippen LogP contribution in [0.25, 0.3) is 0 Å². The quantitative estimate of drug-likeness (QED) is 0.645. The highest BCUT2D eigenvalue weighted by molar-refractivity contribution is 9.10. The molecule has 1 saturated heterocycles. The van der Waals surface area contributed by atoms with Crippen molar-refractivity contribution in [1.29, 1.82) is 0 Å². The summed E-state index contributed by atoms with van der Waals surface area (Å²) in [6, 6.07) is 8.00. The van der Waals surface area contributed by atoms with Gasteiger partial charge in [0, 0.05) is 30.7 Å². The van der Waals surface area contributed by atoms with Gasteiger partial charge in [-0.2, -0.15) is 4.31 Å². The van der Waals surface area contributed by atoms with E-state index < -0.39 is 15.8 Å². The predicted molar refractivity (Wildman–Crippen MR) is 105 cm³/mol. The monoisotopic (exact) mass is 494 g/mol. The first-order valence-corrected chi connectivity index (χ1v) is 10.9. The number of nitrogens with zero attached hydrogens (tertiary/aromatic N) is 2. The first-order valence-electron chi connectivity index (χ1n) is 7.89. The lowest BCUT2D eigenvalue weighted by atomic mass is 10.2. The number of benzene rings is 2. The second-order valence-electron chi connectivity index (χ2n) is 5.90. The van der Waals surface area contributed by atoms with Crippen molar-refractivity contribution in [2.75, 3.05) is 26.2 Å². The molecule has 1 fully saturated rings. The molecule has 144 valence electrons. The highest BCUT2D eigenvalue weighted by atomic mass is 79.9. The summed E-state index contributed by atoms with van der Waals surface area (Å²) >= 11 is 15.0. The normalized spacial score (nSPS) is 15.8. The van der Waals surface area contributed by atoms with E-state index in [1.54, 1.807) is 0 Å². The molecule has 0 N–H and O–H groups in total. The van der Waals surface area contributed by atoms with Gasteiger partial charge in [0.2, 0.25) is 10.0 Å². The molecule has 1 aliphatic heterocycles. The predicted octanol–water partition coefficient (Wildman–Crippen LogP) is 4.04. The SMILES string of the molecule is O=C(c1cc(F)ccc1Br)N1CCN(S(=O)(=O)c2ccc(Cl)c(Cl)c2)CC1. The summed E-state index contributed by atoms with van der Waals surface area (Å²) in [6.45, 7) is 0.646. The lowest BCUT2D eigenvalue weighted by Crippen LogP contribution is -2.50. The van der Waals surface area contributed by atoms with Crippen LogP contribution in [0.3, 0.4) is 0 Å². The van der Waals surface area contributed by atoms with Crippen LogP contribution < -0.4 is 0 Å². The Bertz CT molecular complexity index is 996. The van der Waals surface area contributed by atoms with Gasteiger partial charge in [-0.1, -0.05) is 23.2 Å². The van der Waals surface area contributed by atoms with Crippen LogP contribution in [0, 0.1) is 5.82 Å². The van der Waals surface area contributed by atoms with Crippen molar-refractivity contribution in [3.63, 3.8) is 0 Å². The minimum atomic E-state index is -3.75. The molecule has 2 aromatic rings. The molecule has 10 heteroatoms. The Morgan fingerprint density at radius 2 is 1.67 bits per heavy atom. The molecule has 0 unspecified atom stereocenters. The van der Waals surface area contributed by atoms with Crippen molar-refractivity contribution in [2.24, 2.45) is 0 Å². The smallest absolute Gasteiger partial charge is 0.255 e. The maximum Gasteiger partial charge on any atom is 0.255 e. The Morgan fingerprint density at radius 1 is 1.00 bits per heavy atom. The maximum absolute atomic E-state index is 13.4. The Balaban J connectivity index is 1.73. The molecule has 1 amide bonds. The summed E-state index contributed by atoms with van der Waals surface area (Å²) in [5, 5.41) is 0.425. The van der Waals surface area contributed by atoms with Crippen molar-refractivity contribution in [3.05, 3.63) is 62.3 Å². The number of sulfonamides is 1. The number of piperazine rings is 1. The molecule has 0 bridgehead atoms. The number of halogens is 4. The lowest BCUT2D eigenvalue weighted by molar-refractivity contribution is 0.0696. The highest BCUT2D eigenvalue weighted by Crippen LogP contribution is 2.27. The lowest BCUT2D eigenvalue weighted by Gasteiger charge is -2.34. The van der Waals surface area contributed by atoms with Gasteiger partial charge in [-0.3, -0.25) is 4.79 Å². The maximum atomic E-state index is 13.4. The minimum Gasteiger partial charge on any atom is -0.336 e. The van der Waals surface area contributed by atoms with Gasteiger partial charge in [0.15, 0.2) is 0 Å². The summed E-state index contributed by atoms with van der Waals surface area (Å²) in [4.78, 5) is 14.2. The van der Waals surface area contributed by atoms with Crippen LogP contribution in [0.4, 0.5) is 4.39 Å². The molecule has 1 aliphatic rings. The Labute approximate surface area is 174 Å². The molecule has 0 atom stereocenters. The largest absolute Gasteiger partial charge is 0.336 e. The van der Waals surface area contributed by atoms with Gasteiger partial charge in [-0.05, 0) is 52.3 Å². The summed E-state index contributed by atoms with van der Waals surface area (Å²) in [7, 11) is -3.75. The van der Waals surface area contributed by atoms with Crippen LogP contribution in [0.2, 0.25) is 10.0 Å². The van der Waals surface area contributed by atoms with Crippen molar-refractivity contribution >= 4 is 55.1 Å².